The summed E-state index contributed by atoms with van der Waals surface area (Å²) in [6.45, 7) is 0.151. The molecule has 156 valence electrons. The van der Waals surface area contributed by atoms with Crippen molar-refractivity contribution in [1.82, 2.24) is 30.6 Å². The van der Waals surface area contributed by atoms with Crippen LogP contribution < -0.4 is 16.0 Å². The third-order valence-corrected chi connectivity index (χ3v) is 6.40. The monoisotopic (exact) mass is 449 g/mol. The number of para-hydroxylation sites is 1. The van der Waals surface area contributed by atoms with Gasteiger partial charge >= 0.3 is 0 Å². The zero-order chi connectivity index (χ0) is 21.7. The summed E-state index contributed by atoms with van der Waals surface area (Å²) in [4.78, 5) is 6.04. The van der Waals surface area contributed by atoms with Gasteiger partial charge in [0.1, 0.15) is 15.6 Å². The van der Waals surface area contributed by atoms with Crippen molar-refractivity contribution in [3.05, 3.63) is 36.2 Å². The van der Waals surface area contributed by atoms with Gasteiger partial charge in [-0.2, -0.15) is 5.21 Å². The Bertz CT molecular complexity index is 1480. The molecule has 0 unspecified atom stereocenters. The SMILES string of the molecule is NCc1nc2c(-c3ccc(S(N)(=O)=O)c(S(N)(=O)=O)c3-c3nn[nH]n3)cccc2[nH]1. The van der Waals surface area contributed by atoms with Crippen LogP contribution in [0.25, 0.3) is 33.5 Å². The maximum absolute atomic E-state index is 12.4. The number of benzene rings is 2. The van der Waals surface area contributed by atoms with E-state index in [1.54, 1.807) is 18.2 Å². The van der Waals surface area contributed by atoms with Gasteiger partial charge < -0.3 is 10.7 Å². The molecular formula is C15H15N9O4S2. The van der Waals surface area contributed by atoms with E-state index in [2.05, 4.69) is 30.6 Å². The van der Waals surface area contributed by atoms with Gasteiger partial charge in [-0.25, -0.2) is 32.1 Å². The molecular weight excluding hydrogens is 434 g/mol. The molecule has 2 aromatic carbocycles. The molecule has 13 nitrogen and oxygen atoms in total. The lowest BCUT2D eigenvalue weighted by molar-refractivity contribution is 0.584. The van der Waals surface area contributed by atoms with Gasteiger partial charge in [0.2, 0.25) is 25.9 Å². The summed E-state index contributed by atoms with van der Waals surface area (Å²) in [6, 6.07) is 7.58. The fraction of sp³-hybridized carbons (Fsp3) is 0.0667. The molecule has 0 aliphatic rings. The van der Waals surface area contributed by atoms with Gasteiger partial charge in [-0.15, -0.1) is 10.2 Å². The summed E-state index contributed by atoms with van der Waals surface area (Å²) in [7, 11) is -9.04. The highest BCUT2D eigenvalue weighted by atomic mass is 32.2. The summed E-state index contributed by atoms with van der Waals surface area (Å²) < 4.78 is 49.1. The molecule has 0 amide bonds. The van der Waals surface area contributed by atoms with Gasteiger partial charge in [-0.05, 0) is 22.9 Å². The first-order valence-corrected chi connectivity index (χ1v) is 11.3. The van der Waals surface area contributed by atoms with Crippen LogP contribution in [0.3, 0.4) is 0 Å². The van der Waals surface area contributed by atoms with Gasteiger partial charge in [0, 0.05) is 5.56 Å². The van der Waals surface area contributed by atoms with Crippen LogP contribution >= 0.6 is 0 Å². The van der Waals surface area contributed by atoms with E-state index < -0.39 is 29.8 Å². The van der Waals surface area contributed by atoms with Gasteiger partial charge in [0.05, 0.1) is 23.1 Å². The number of aromatic nitrogens is 6. The molecule has 30 heavy (non-hydrogen) atoms. The predicted octanol–water partition coefficient (Wildman–Crippen LogP) is -0.836. The molecule has 4 rings (SSSR count). The van der Waals surface area contributed by atoms with Crippen molar-refractivity contribution in [2.24, 2.45) is 16.0 Å². The molecule has 0 saturated carbocycles. The number of fused-ring (bicyclic) bond motifs is 1. The summed E-state index contributed by atoms with van der Waals surface area (Å²) in [5.74, 6) is 0.317. The smallest absolute Gasteiger partial charge is 0.240 e. The van der Waals surface area contributed by atoms with E-state index in [1.165, 1.54) is 6.07 Å². The Kier molecular flexibility index (Phi) is 4.63. The lowest BCUT2D eigenvalue weighted by Gasteiger charge is -2.15. The molecule has 2 heterocycles. The van der Waals surface area contributed by atoms with Crippen LogP contribution in [-0.4, -0.2) is 47.4 Å². The zero-order valence-corrected chi connectivity index (χ0v) is 16.7. The average Bonchev–Trinajstić information content (AvgIpc) is 3.34. The molecule has 2 aromatic heterocycles. The number of H-pyrrole nitrogens is 2. The van der Waals surface area contributed by atoms with E-state index in [-0.39, 0.29) is 23.5 Å². The highest BCUT2D eigenvalue weighted by Gasteiger charge is 2.31. The first kappa shape index (κ1) is 20.0. The van der Waals surface area contributed by atoms with Crippen LogP contribution in [0.2, 0.25) is 0 Å². The van der Waals surface area contributed by atoms with Gasteiger partial charge in [-0.1, -0.05) is 18.2 Å². The van der Waals surface area contributed by atoms with Crippen molar-refractivity contribution in [3.63, 3.8) is 0 Å². The topological polar surface area (TPSA) is 229 Å². The van der Waals surface area contributed by atoms with Crippen LogP contribution in [0.1, 0.15) is 5.82 Å². The number of hydrogen-bond acceptors (Lipinski definition) is 9. The van der Waals surface area contributed by atoms with E-state index >= 15 is 0 Å². The Hall–Kier alpha value is -3.24. The largest absolute Gasteiger partial charge is 0.341 e. The number of hydrogen-bond donors (Lipinski definition) is 5. The van der Waals surface area contributed by atoms with Crippen molar-refractivity contribution in [3.8, 4) is 22.5 Å². The first-order valence-electron chi connectivity index (χ1n) is 8.25. The van der Waals surface area contributed by atoms with E-state index in [4.69, 9.17) is 16.0 Å². The normalized spacial score (nSPS) is 12.5. The van der Waals surface area contributed by atoms with Crippen molar-refractivity contribution < 1.29 is 16.8 Å². The number of primary sulfonamides is 2. The Morgan fingerprint density at radius 2 is 1.73 bits per heavy atom. The summed E-state index contributed by atoms with van der Waals surface area (Å²) in [6.07, 6.45) is 0. The number of sulfonamides is 2. The van der Waals surface area contributed by atoms with Crippen LogP contribution in [0.5, 0.6) is 0 Å². The quantitative estimate of drug-likeness (QED) is 0.255. The third kappa shape index (κ3) is 3.33. The maximum atomic E-state index is 12.4. The number of imidazole rings is 1. The molecule has 0 aliphatic heterocycles. The van der Waals surface area contributed by atoms with E-state index in [0.717, 1.165) is 6.07 Å². The highest BCUT2D eigenvalue weighted by molar-refractivity contribution is 7.92. The Labute approximate surface area is 169 Å². The fourth-order valence-electron chi connectivity index (χ4n) is 3.18. The van der Waals surface area contributed by atoms with Crippen molar-refractivity contribution >= 4 is 31.1 Å². The first-order chi connectivity index (χ1) is 14.1. The second kappa shape index (κ2) is 6.92. The number of tetrazole rings is 1. The summed E-state index contributed by atoms with van der Waals surface area (Å²) in [5.41, 5.74) is 7.32. The Morgan fingerprint density at radius 3 is 2.33 bits per heavy atom. The van der Waals surface area contributed by atoms with E-state index in [0.29, 0.717) is 22.4 Å². The average molecular weight is 449 g/mol. The van der Waals surface area contributed by atoms with Gasteiger partial charge in [0.15, 0.2) is 0 Å². The molecule has 0 spiro atoms. The second-order valence-corrected chi connectivity index (χ2v) is 9.26. The third-order valence-electron chi connectivity index (χ3n) is 4.33. The lowest BCUT2D eigenvalue weighted by Crippen LogP contribution is -2.22. The standard InChI is InChI=1S/C15H15N9O4S2/c16-6-11-19-9-3-1-2-8(13(9)20-11)7-4-5-10(29(17,25)26)14(30(18,27)28)12(7)15-21-23-24-22-15/h1-5H,6,16H2,(H,19,20)(H2,17,25,26)(H2,18,27,28)(H,21,22,23,24). The Balaban J connectivity index is 2.19. The summed E-state index contributed by atoms with van der Waals surface area (Å²) >= 11 is 0. The molecule has 0 atom stereocenters. The molecule has 15 heteroatoms. The van der Waals surface area contributed by atoms with Crippen LogP contribution in [0, 0.1) is 0 Å². The fourth-order valence-corrected chi connectivity index (χ4v) is 5.33. The molecule has 0 aliphatic carbocycles. The molecule has 4 aromatic rings. The maximum Gasteiger partial charge on any atom is 0.240 e. The number of aromatic amines is 2. The van der Waals surface area contributed by atoms with Gasteiger partial charge in [-0.3, -0.25) is 0 Å². The molecule has 0 fully saturated rings. The van der Waals surface area contributed by atoms with Crippen molar-refractivity contribution in [1.29, 1.82) is 0 Å². The second-order valence-electron chi connectivity index (χ2n) is 6.23. The van der Waals surface area contributed by atoms with Gasteiger partial charge in [0.25, 0.3) is 0 Å². The summed E-state index contributed by atoms with van der Waals surface area (Å²) in [5, 5.41) is 23.9. The molecule has 0 bridgehead atoms. The number of nitrogens with two attached hydrogens (primary N) is 3. The number of nitrogens with one attached hydrogen (secondary N) is 2. The molecule has 0 saturated heterocycles. The van der Waals surface area contributed by atoms with Crippen LogP contribution in [0.4, 0.5) is 0 Å². The van der Waals surface area contributed by atoms with E-state index in [9.17, 15) is 16.8 Å². The zero-order valence-electron chi connectivity index (χ0n) is 15.1. The van der Waals surface area contributed by atoms with Crippen LogP contribution in [-0.2, 0) is 26.6 Å². The minimum atomic E-state index is -4.59. The molecule has 0 radical (unpaired) electrons. The Morgan fingerprint density at radius 1 is 0.967 bits per heavy atom. The highest BCUT2D eigenvalue weighted by Crippen LogP contribution is 2.40. The number of nitrogens with zero attached hydrogens (tertiary/aromatic N) is 4. The van der Waals surface area contributed by atoms with E-state index in [1.807, 2.05) is 0 Å². The predicted molar refractivity (Wildman–Crippen MR) is 105 cm³/mol. The van der Waals surface area contributed by atoms with Crippen molar-refractivity contribution in [2.75, 3.05) is 0 Å². The van der Waals surface area contributed by atoms with Crippen molar-refractivity contribution in [2.45, 2.75) is 16.3 Å². The van der Waals surface area contributed by atoms with Crippen LogP contribution in [0.15, 0.2) is 40.1 Å². The number of rotatable bonds is 5. The minimum Gasteiger partial charge on any atom is -0.341 e. The minimum absolute atomic E-state index is 0.151. The lowest BCUT2D eigenvalue weighted by atomic mass is 9.98. The molecule has 8 N–H and O–H groups in total.